The third-order valence-electron chi connectivity index (χ3n) is 4.67. The lowest BCUT2D eigenvalue weighted by Crippen LogP contribution is -2.41. The molecular formula is C14H24N2O3S. The average Bonchev–Trinajstić information content (AvgIpc) is 2.81. The Morgan fingerprint density at radius 1 is 1.35 bits per heavy atom. The third-order valence-corrected chi connectivity index (χ3v) is 6.53. The second kappa shape index (κ2) is 5.50. The van der Waals surface area contributed by atoms with Gasteiger partial charge in [-0.3, -0.25) is 0 Å². The molecule has 0 spiro atoms. The predicted octanol–water partition coefficient (Wildman–Crippen LogP) is 1.72. The van der Waals surface area contributed by atoms with Crippen molar-refractivity contribution in [2.45, 2.75) is 44.6 Å². The van der Waals surface area contributed by atoms with Crippen molar-refractivity contribution in [1.82, 2.24) is 8.87 Å². The van der Waals surface area contributed by atoms with Crippen LogP contribution in [0.15, 0.2) is 17.2 Å². The Labute approximate surface area is 121 Å². The van der Waals surface area contributed by atoms with Crippen LogP contribution in [0, 0.1) is 5.41 Å². The van der Waals surface area contributed by atoms with E-state index in [4.69, 9.17) is 0 Å². The van der Waals surface area contributed by atoms with Crippen molar-refractivity contribution < 1.29 is 13.5 Å². The second-order valence-corrected chi connectivity index (χ2v) is 7.94. The summed E-state index contributed by atoms with van der Waals surface area (Å²) in [6, 6.07) is 1.56. The van der Waals surface area contributed by atoms with Crippen LogP contribution in [0.4, 0.5) is 0 Å². The molecule has 5 nitrogen and oxygen atoms in total. The van der Waals surface area contributed by atoms with Crippen molar-refractivity contribution in [2.24, 2.45) is 12.5 Å². The van der Waals surface area contributed by atoms with Crippen LogP contribution in [0.2, 0.25) is 0 Å². The van der Waals surface area contributed by atoms with E-state index in [-0.39, 0.29) is 16.9 Å². The largest absolute Gasteiger partial charge is 0.390 e. The lowest BCUT2D eigenvalue weighted by atomic mass is 9.79. The lowest BCUT2D eigenvalue weighted by Gasteiger charge is -2.38. The summed E-state index contributed by atoms with van der Waals surface area (Å²) >= 11 is 0. The molecule has 1 aromatic heterocycles. The van der Waals surface area contributed by atoms with Gasteiger partial charge in [0.2, 0.25) is 10.0 Å². The number of aliphatic hydroxyl groups is 1. The Balaban J connectivity index is 2.19. The molecule has 0 amide bonds. The van der Waals surface area contributed by atoms with Crippen LogP contribution < -0.4 is 0 Å². The summed E-state index contributed by atoms with van der Waals surface area (Å²) in [5.74, 6) is 0. The number of aryl methyl sites for hydroxylation is 1. The number of aliphatic hydroxyl groups excluding tert-OH is 1. The Bertz CT molecular complexity index is 569. The van der Waals surface area contributed by atoms with Gasteiger partial charge in [-0.15, -0.1) is 0 Å². The minimum absolute atomic E-state index is 0.153. The molecule has 2 heterocycles. The predicted molar refractivity (Wildman–Crippen MR) is 77.7 cm³/mol. The van der Waals surface area contributed by atoms with Crippen LogP contribution in [0.1, 0.15) is 38.8 Å². The average molecular weight is 300 g/mol. The summed E-state index contributed by atoms with van der Waals surface area (Å²) < 4.78 is 28.4. The van der Waals surface area contributed by atoms with Crippen LogP contribution in [0.5, 0.6) is 0 Å². The molecule has 1 aliphatic rings. The first-order chi connectivity index (χ1) is 9.32. The first-order valence-electron chi connectivity index (χ1n) is 7.09. The van der Waals surface area contributed by atoms with Crippen LogP contribution in [-0.4, -0.2) is 35.5 Å². The molecular weight excluding hydrogens is 276 g/mol. The molecule has 0 radical (unpaired) electrons. The van der Waals surface area contributed by atoms with E-state index in [1.807, 2.05) is 0 Å². The molecule has 0 saturated carbocycles. The number of aromatic nitrogens is 1. The summed E-state index contributed by atoms with van der Waals surface area (Å²) in [6.07, 6.45) is 4.47. The normalized spacial score (nSPS) is 20.2. The van der Waals surface area contributed by atoms with Gasteiger partial charge in [0, 0.05) is 32.0 Å². The minimum atomic E-state index is -3.43. The van der Waals surface area contributed by atoms with E-state index in [0.29, 0.717) is 18.8 Å². The zero-order chi connectivity index (χ0) is 15.0. The maximum Gasteiger partial charge on any atom is 0.244 e. The highest BCUT2D eigenvalue weighted by Gasteiger charge is 2.34. The summed E-state index contributed by atoms with van der Waals surface area (Å²) in [5.41, 5.74) is 0.873. The standard InChI is InChI=1S/C14H24N2O3S/c1-4-14(2)5-7-16(8-6-14)20(18,19)13-9-12(11-17)15(3)10-13/h9-10,17H,4-8,11H2,1-3H3. The molecule has 0 atom stereocenters. The zero-order valence-corrected chi connectivity index (χ0v) is 13.3. The topological polar surface area (TPSA) is 62.5 Å². The van der Waals surface area contributed by atoms with Gasteiger partial charge in [-0.05, 0) is 24.3 Å². The van der Waals surface area contributed by atoms with Crippen LogP contribution in [0.3, 0.4) is 0 Å². The molecule has 20 heavy (non-hydrogen) atoms. The SMILES string of the molecule is CCC1(C)CCN(S(=O)(=O)c2cc(CO)n(C)c2)CC1. The number of nitrogens with zero attached hydrogens (tertiary/aromatic N) is 2. The molecule has 1 aromatic rings. The van der Waals surface area contributed by atoms with Gasteiger partial charge in [0.05, 0.1) is 6.61 Å². The quantitative estimate of drug-likeness (QED) is 0.921. The summed E-state index contributed by atoms with van der Waals surface area (Å²) in [7, 11) is -1.69. The van der Waals surface area contributed by atoms with Gasteiger partial charge in [0.1, 0.15) is 4.90 Å². The highest BCUT2D eigenvalue weighted by molar-refractivity contribution is 7.89. The van der Waals surface area contributed by atoms with Gasteiger partial charge in [-0.1, -0.05) is 20.3 Å². The number of hydrogen-bond acceptors (Lipinski definition) is 3. The van der Waals surface area contributed by atoms with E-state index >= 15 is 0 Å². The Morgan fingerprint density at radius 2 is 1.95 bits per heavy atom. The highest BCUT2D eigenvalue weighted by Crippen LogP contribution is 2.35. The zero-order valence-electron chi connectivity index (χ0n) is 12.5. The van der Waals surface area contributed by atoms with Gasteiger partial charge in [0.25, 0.3) is 0 Å². The fraction of sp³-hybridized carbons (Fsp3) is 0.714. The highest BCUT2D eigenvalue weighted by atomic mass is 32.2. The molecule has 2 rings (SSSR count). The minimum Gasteiger partial charge on any atom is -0.390 e. The van der Waals surface area contributed by atoms with Gasteiger partial charge in [0.15, 0.2) is 0 Å². The summed E-state index contributed by atoms with van der Waals surface area (Å²) in [4.78, 5) is 0.282. The van der Waals surface area contributed by atoms with Crippen molar-refractivity contribution in [2.75, 3.05) is 13.1 Å². The molecule has 1 aliphatic heterocycles. The second-order valence-electron chi connectivity index (χ2n) is 6.00. The maximum atomic E-state index is 12.6. The number of rotatable bonds is 4. The Kier molecular flexibility index (Phi) is 4.27. The van der Waals surface area contributed by atoms with Gasteiger partial charge < -0.3 is 9.67 Å². The van der Waals surface area contributed by atoms with E-state index < -0.39 is 10.0 Å². The van der Waals surface area contributed by atoms with Crippen molar-refractivity contribution >= 4 is 10.0 Å². The van der Waals surface area contributed by atoms with E-state index in [1.54, 1.807) is 28.2 Å². The first kappa shape index (κ1) is 15.5. The molecule has 0 unspecified atom stereocenters. The van der Waals surface area contributed by atoms with Crippen LogP contribution >= 0.6 is 0 Å². The Morgan fingerprint density at radius 3 is 2.40 bits per heavy atom. The summed E-state index contributed by atoms with van der Waals surface area (Å²) in [5, 5.41) is 9.18. The molecule has 0 bridgehead atoms. The van der Waals surface area contributed by atoms with Crippen molar-refractivity contribution in [3.05, 3.63) is 18.0 Å². The molecule has 1 fully saturated rings. The third kappa shape index (κ3) is 2.77. The molecule has 0 aliphatic carbocycles. The van der Waals surface area contributed by atoms with Crippen molar-refractivity contribution in [3.63, 3.8) is 0 Å². The molecule has 1 N–H and O–H groups in total. The Hall–Kier alpha value is -0.850. The maximum absolute atomic E-state index is 12.6. The van der Waals surface area contributed by atoms with E-state index in [2.05, 4.69) is 13.8 Å². The van der Waals surface area contributed by atoms with Crippen LogP contribution in [-0.2, 0) is 23.7 Å². The van der Waals surface area contributed by atoms with Gasteiger partial charge in [-0.2, -0.15) is 4.31 Å². The first-order valence-corrected chi connectivity index (χ1v) is 8.53. The van der Waals surface area contributed by atoms with E-state index in [9.17, 15) is 13.5 Å². The van der Waals surface area contributed by atoms with Crippen LogP contribution in [0.25, 0.3) is 0 Å². The molecule has 114 valence electrons. The summed E-state index contributed by atoms with van der Waals surface area (Å²) in [6.45, 7) is 5.39. The number of hydrogen-bond donors (Lipinski definition) is 1. The van der Waals surface area contributed by atoms with Crippen molar-refractivity contribution in [1.29, 1.82) is 0 Å². The van der Waals surface area contributed by atoms with E-state index in [0.717, 1.165) is 19.3 Å². The fourth-order valence-electron chi connectivity index (χ4n) is 2.64. The van der Waals surface area contributed by atoms with E-state index in [1.165, 1.54) is 0 Å². The fourth-order valence-corrected chi connectivity index (χ4v) is 4.18. The molecule has 0 aromatic carbocycles. The molecule has 1 saturated heterocycles. The lowest BCUT2D eigenvalue weighted by molar-refractivity contribution is 0.169. The number of piperidine rings is 1. The van der Waals surface area contributed by atoms with Gasteiger partial charge >= 0.3 is 0 Å². The van der Waals surface area contributed by atoms with Crippen molar-refractivity contribution in [3.8, 4) is 0 Å². The van der Waals surface area contributed by atoms with Gasteiger partial charge in [-0.25, -0.2) is 8.42 Å². The smallest absolute Gasteiger partial charge is 0.244 e. The monoisotopic (exact) mass is 300 g/mol. The number of sulfonamides is 1. The molecule has 6 heteroatoms.